The van der Waals surface area contributed by atoms with Crippen molar-refractivity contribution in [2.24, 2.45) is 0 Å². The average Bonchev–Trinajstić information content (AvgIpc) is 4.03. The molecule has 6 heteroatoms. The fraction of sp³-hybridized carbons (Fsp3) is 0.123. The van der Waals surface area contributed by atoms with Gasteiger partial charge in [0.2, 0.25) is 11.0 Å². The molecule has 4 heterocycles. The summed E-state index contributed by atoms with van der Waals surface area (Å²) in [6.45, 7) is 9.38. The Bertz CT molecular complexity index is 3420. The number of nitrogens with zero attached hydrogens (tertiary/aromatic N) is 2. The summed E-state index contributed by atoms with van der Waals surface area (Å²) in [6.07, 6.45) is 0. The summed E-state index contributed by atoms with van der Waals surface area (Å²) in [7, 11) is 0. The van der Waals surface area contributed by atoms with E-state index in [0.29, 0.717) is 0 Å². The molecule has 1 spiro atoms. The van der Waals surface area contributed by atoms with Gasteiger partial charge >= 0.3 is 6.03 Å². The van der Waals surface area contributed by atoms with Crippen molar-refractivity contribution < 1.29 is 18.6 Å². The van der Waals surface area contributed by atoms with Crippen molar-refractivity contribution in [2.75, 3.05) is 0 Å². The summed E-state index contributed by atoms with van der Waals surface area (Å²) in [5.74, 6) is 1.57. The van der Waals surface area contributed by atoms with Crippen LogP contribution in [0.4, 0.5) is 0 Å². The van der Waals surface area contributed by atoms with Crippen molar-refractivity contribution in [3.05, 3.63) is 192 Å². The van der Waals surface area contributed by atoms with Crippen LogP contribution < -0.4 is 18.6 Å². The van der Waals surface area contributed by atoms with Crippen molar-refractivity contribution in [1.29, 1.82) is 0 Å². The van der Waals surface area contributed by atoms with Crippen LogP contribution in [0.2, 0.25) is 0 Å². The first kappa shape index (κ1) is 35.7. The van der Waals surface area contributed by atoms with Gasteiger partial charge in [-0.2, -0.15) is 0 Å². The zero-order valence-electron chi connectivity index (χ0n) is 35.2. The van der Waals surface area contributed by atoms with Crippen molar-refractivity contribution in [3.8, 4) is 77.1 Å². The van der Waals surface area contributed by atoms with Crippen LogP contribution in [-0.2, 0) is 16.9 Å². The largest absolute Gasteiger partial charge is 0.717 e. The molecule has 0 radical (unpaired) electrons. The number of benzene rings is 8. The maximum absolute atomic E-state index is 7.48. The summed E-state index contributed by atoms with van der Waals surface area (Å²) < 4.78 is 21.9. The highest BCUT2D eigenvalue weighted by Crippen LogP contribution is 2.53. The molecule has 0 saturated heterocycles. The van der Waals surface area contributed by atoms with Crippen LogP contribution in [0.5, 0.6) is 11.5 Å². The molecule has 0 atom stereocenters. The van der Waals surface area contributed by atoms with E-state index < -0.39 is 6.03 Å². The topological polar surface area (TPSA) is 26.2 Å². The smallest absolute Gasteiger partial charge is 0.340 e. The lowest BCUT2D eigenvalue weighted by molar-refractivity contribution is -1.04. The second-order valence-corrected chi connectivity index (χ2v) is 20.5. The van der Waals surface area contributed by atoms with Gasteiger partial charge in [-0.3, -0.25) is 0 Å². The number of aromatic nitrogens is 2. The highest BCUT2D eigenvalue weighted by molar-refractivity contribution is 7.21. The lowest BCUT2D eigenvalue weighted by atomic mass is 9.81. The molecule has 0 N–H and O–H groups in total. The third-order valence-corrected chi connectivity index (χ3v) is 16.7. The van der Waals surface area contributed by atoms with Crippen LogP contribution in [0.25, 0.3) is 86.1 Å². The van der Waals surface area contributed by atoms with E-state index in [9.17, 15) is 0 Å². The first-order valence-electron chi connectivity index (χ1n) is 21.7. The summed E-state index contributed by atoms with van der Waals surface area (Å²) in [4.78, 5) is 0. The average molecular weight is 849 g/mol. The van der Waals surface area contributed by atoms with Gasteiger partial charge in [0.15, 0.2) is 11.5 Å². The minimum Gasteiger partial charge on any atom is -0.340 e. The highest BCUT2D eigenvalue weighted by Gasteiger charge is 2.69. The summed E-state index contributed by atoms with van der Waals surface area (Å²) >= 11 is 3.57. The molecule has 8 aromatic carbocycles. The number of hydrogen-bond acceptors (Lipinski definition) is 4. The molecule has 300 valence electrons. The van der Waals surface area contributed by atoms with E-state index in [1.54, 1.807) is 22.7 Å². The van der Waals surface area contributed by atoms with Gasteiger partial charge in [0.25, 0.3) is 10.0 Å². The summed E-state index contributed by atoms with van der Waals surface area (Å²) in [5.41, 5.74) is 19.6. The fourth-order valence-electron chi connectivity index (χ4n) is 11.2. The molecular weight excluding hydrogens is 809 g/mol. The minimum atomic E-state index is -1.38. The van der Waals surface area contributed by atoms with Crippen molar-refractivity contribution in [3.63, 3.8) is 0 Å². The number of ether oxygens (including phenoxy) is 2. The van der Waals surface area contributed by atoms with Crippen LogP contribution in [-0.4, -0.2) is 0 Å². The molecule has 0 bridgehead atoms. The summed E-state index contributed by atoms with van der Waals surface area (Å²) in [5, 5.41) is 2.17. The quantitative estimate of drug-likeness (QED) is 0.162. The molecule has 4 aliphatic rings. The summed E-state index contributed by atoms with van der Waals surface area (Å²) in [6, 6.07) is 60.9. The van der Waals surface area contributed by atoms with Crippen LogP contribution >= 0.6 is 22.7 Å². The lowest BCUT2D eigenvalue weighted by Gasteiger charge is -2.30. The van der Waals surface area contributed by atoms with E-state index in [2.05, 4.69) is 207 Å². The van der Waals surface area contributed by atoms with Gasteiger partial charge in [0.05, 0.1) is 0 Å². The van der Waals surface area contributed by atoms with Crippen molar-refractivity contribution in [2.45, 2.75) is 44.6 Å². The van der Waals surface area contributed by atoms with E-state index in [0.717, 1.165) is 54.8 Å². The van der Waals surface area contributed by atoms with Crippen LogP contribution in [0, 0.1) is 0 Å². The molecule has 10 aromatic rings. The maximum Gasteiger partial charge on any atom is 0.717 e. The van der Waals surface area contributed by atoms with Gasteiger partial charge in [-0.15, -0.1) is 0 Å². The Morgan fingerprint density at radius 2 is 0.746 bits per heavy atom. The SMILES string of the molecule is CC1(C)c2ccccc2-c2ccc(-c3ccc4c(c3)-c3sc5ccccc5[n+]3C3(O4)Oc4ccc(-c5ccc6c(c5)C(C)(C)c5ccccc5-6)cc4-c4sc5ccccc5[n+]43)cc21. The first-order valence-corrected chi connectivity index (χ1v) is 23.4. The van der Waals surface area contributed by atoms with E-state index in [1.165, 1.54) is 65.0 Å². The Morgan fingerprint density at radius 3 is 1.22 bits per heavy atom. The molecule has 63 heavy (non-hydrogen) atoms. The predicted octanol–water partition coefficient (Wildman–Crippen LogP) is 13.9. The zero-order chi connectivity index (χ0) is 42.0. The third-order valence-electron chi connectivity index (χ3n) is 14.3. The number of hydrogen-bond donors (Lipinski definition) is 0. The Morgan fingerprint density at radius 1 is 0.365 bits per heavy atom. The van der Waals surface area contributed by atoms with E-state index in [4.69, 9.17) is 9.47 Å². The van der Waals surface area contributed by atoms with Gasteiger partial charge in [0.1, 0.15) is 20.5 Å². The lowest BCUT2D eigenvalue weighted by Crippen LogP contribution is -2.81. The molecule has 0 fully saturated rings. The second-order valence-electron chi connectivity index (χ2n) is 18.5. The van der Waals surface area contributed by atoms with Crippen molar-refractivity contribution in [1.82, 2.24) is 0 Å². The Hall–Kier alpha value is -6.86. The maximum atomic E-state index is 7.48. The van der Waals surface area contributed by atoms with Gasteiger partial charge < -0.3 is 9.47 Å². The second kappa shape index (κ2) is 12.2. The third kappa shape index (κ3) is 4.64. The number of thiazole rings is 2. The fourth-order valence-corrected chi connectivity index (χ4v) is 13.6. The Kier molecular flexibility index (Phi) is 6.91. The van der Waals surface area contributed by atoms with Crippen molar-refractivity contribution >= 4 is 43.1 Å². The molecule has 14 rings (SSSR count). The standard InChI is InChI=1S/C57H40N2O2S2/c1-55(2)43-15-7-5-13-37(43)39-25-21-35(31-45(39)55)33-23-27-49-41(29-33)53-58(47-17-9-11-19-51(47)62-53)57(60-49)59-48-18-10-12-20-52(48)63-54(59)42-30-34(24-28-50(42)61-57)36-22-26-40-38-14-6-8-16-44(38)56(3,4)46(40)32-36/h5-32H,1-4H3/q+2. The first-order chi connectivity index (χ1) is 30.7. The Labute approximate surface area is 373 Å². The van der Waals surface area contributed by atoms with Crippen LogP contribution in [0.15, 0.2) is 170 Å². The molecule has 0 saturated carbocycles. The van der Waals surface area contributed by atoms with Gasteiger partial charge in [-0.25, -0.2) is 0 Å². The molecular formula is C57H40N2O2S2+2. The van der Waals surface area contributed by atoms with Crippen LogP contribution in [0.1, 0.15) is 49.9 Å². The van der Waals surface area contributed by atoms with Gasteiger partial charge in [-0.1, -0.05) is 160 Å². The number of para-hydroxylation sites is 2. The minimum absolute atomic E-state index is 0.0849. The Balaban J connectivity index is 0.934. The van der Waals surface area contributed by atoms with E-state index >= 15 is 0 Å². The molecule has 0 amide bonds. The zero-order valence-corrected chi connectivity index (χ0v) is 36.8. The van der Waals surface area contributed by atoms with E-state index in [-0.39, 0.29) is 10.8 Å². The molecule has 2 aromatic heterocycles. The number of fused-ring (bicyclic) bond motifs is 18. The number of rotatable bonds is 2. The normalized spacial score (nSPS) is 15.9. The molecule has 0 unspecified atom stereocenters. The van der Waals surface area contributed by atoms with Gasteiger partial charge in [0, 0.05) is 23.0 Å². The van der Waals surface area contributed by atoms with Gasteiger partial charge in [-0.05, 0) is 124 Å². The monoisotopic (exact) mass is 848 g/mol. The molecule has 2 aliphatic heterocycles. The molecule has 4 nitrogen and oxygen atoms in total. The molecule has 2 aliphatic carbocycles. The predicted molar refractivity (Wildman–Crippen MR) is 256 cm³/mol. The highest BCUT2D eigenvalue weighted by atomic mass is 32.1. The van der Waals surface area contributed by atoms with Crippen LogP contribution in [0.3, 0.4) is 0 Å². The van der Waals surface area contributed by atoms with E-state index in [1.807, 2.05) is 0 Å².